The molecule has 0 unspecified atom stereocenters. The Labute approximate surface area is 167 Å². The number of hydrogen-bond donors (Lipinski definition) is 1. The second kappa shape index (κ2) is 7.73. The molecule has 1 heterocycles. The highest BCUT2D eigenvalue weighted by Crippen LogP contribution is 2.36. The van der Waals surface area contributed by atoms with Crippen molar-refractivity contribution in [3.05, 3.63) is 74.6 Å². The molecule has 1 N–H and O–H groups in total. The smallest absolute Gasteiger partial charge is 0.416 e. The Morgan fingerprint density at radius 3 is 2.54 bits per heavy atom. The minimum atomic E-state index is -4.51. The van der Waals surface area contributed by atoms with E-state index in [0.717, 1.165) is 22.9 Å². The number of benzene rings is 2. The first-order chi connectivity index (χ1) is 13.2. The van der Waals surface area contributed by atoms with Crippen LogP contribution in [0.4, 0.5) is 18.9 Å². The van der Waals surface area contributed by atoms with Crippen molar-refractivity contribution in [1.29, 1.82) is 0 Å². The highest BCUT2D eigenvalue weighted by atomic mass is 35.5. The number of nitrogens with one attached hydrogen (secondary N) is 1. The number of hydrogen-bond acceptors (Lipinski definition) is 4. The molecule has 1 aromatic heterocycles. The second-order valence-electron chi connectivity index (χ2n) is 5.58. The van der Waals surface area contributed by atoms with Crippen molar-refractivity contribution in [2.24, 2.45) is 0 Å². The van der Waals surface area contributed by atoms with E-state index in [1.54, 1.807) is 25.2 Å². The van der Waals surface area contributed by atoms with E-state index in [1.807, 2.05) is 0 Å². The van der Waals surface area contributed by atoms with E-state index in [4.69, 9.17) is 27.9 Å². The Kier molecular flexibility index (Phi) is 5.53. The predicted molar refractivity (Wildman–Crippen MR) is 101 cm³/mol. The van der Waals surface area contributed by atoms with Crippen LogP contribution < -0.4 is 15.6 Å². The van der Waals surface area contributed by atoms with Crippen LogP contribution in [0.2, 0.25) is 10.0 Å². The summed E-state index contributed by atoms with van der Waals surface area (Å²) in [7, 11) is 1.61. The van der Waals surface area contributed by atoms with Crippen molar-refractivity contribution in [1.82, 2.24) is 9.78 Å². The van der Waals surface area contributed by atoms with Gasteiger partial charge in [0.2, 0.25) is 0 Å². The van der Waals surface area contributed by atoms with Gasteiger partial charge in [-0.05, 0) is 30.3 Å². The fraction of sp³-hybridized carbons (Fsp3) is 0.111. The molecule has 0 amide bonds. The molecule has 0 aliphatic heterocycles. The summed E-state index contributed by atoms with van der Waals surface area (Å²) in [5, 5.41) is 6.56. The van der Waals surface area contributed by atoms with E-state index < -0.39 is 17.3 Å². The lowest BCUT2D eigenvalue weighted by Crippen LogP contribution is -2.22. The van der Waals surface area contributed by atoms with E-state index in [-0.39, 0.29) is 21.5 Å². The Hall–Kier alpha value is -2.71. The molecule has 0 fully saturated rings. The molecule has 3 rings (SSSR count). The van der Waals surface area contributed by atoms with Gasteiger partial charge in [-0.15, -0.1) is 0 Å². The van der Waals surface area contributed by atoms with Gasteiger partial charge in [-0.2, -0.15) is 23.0 Å². The lowest BCUT2D eigenvalue weighted by atomic mass is 10.2. The van der Waals surface area contributed by atoms with Gasteiger partial charge in [0.1, 0.15) is 16.5 Å². The van der Waals surface area contributed by atoms with E-state index >= 15 is 0 Å². The minimum Gasteiger partial charge on any atom is -0.456 e. The summed E-state index contributed by atoms with van der Waals surface area (Å²) in [5.74, 6) is 0.289. The number of halogens is 5. The molecule has 0 aliphatic rings. The van der Waals surface area contributed by atoms with Crippen LogP contribution in [0.3, 0.4) is 0 Å². The lowest BCUT2D eigenvalue weighted by molar-refractivity contribution is -0.137. The number of anilines is 1. The Morgan fingerprint density at radius 1 is 1.14 bits per heavy atom. The van der Waals surface area contributed by atoms with E-state index in [2.05, 4.69) is 10.4 Å². The van der Waals surface area contributed by atoms with Crippen LogP contribution in [0.1, 0.15) is 5.56 Å². The molecular weight excluding hydrogens is 418 g/mol. The number of rotatable bonds is 4. The molecule has 0 spiro atoms. The largest absolute Gasteiger partial charge is 0.456 e. The molecule has 0 saturated heterocycles. The molecule has 0 bridgehead atoms. The van der Waals surface area contributed by atoms with Gasteiger partial charge in [-0.1, -0.05) is 29.3 Å². The zero-order chi connectivity index (χ0) is 20.5. The zero-order valence-electron chi connectivity index (χ0n) is 14.2. The molecule has 10 heteroatoms. The third-order valence-electron chi connectivity index (χ3n) is 3.74. The number of nitrogens with zero attached hydrogens (tertiary/aromatic N) is 2. The summed E-state index contributed by atoms with van der Waals surface area (Å²) in [4.78, 5) is 12.4. The molecule has 5 nitrogen and oxygen atoms in total. The average molecular weight is 430 g/mol. The van der Waals surface area contributed by atoms with Gasteiger partial charge in [0, 0.05) is 13.1 Å². The fourth-order valence-corrected chi connectivity index (χ4v) is 2.80. The molecular formula is C18H12Cl2F3N3O2. The van der Waals surface area contributed by atoms with Crippen molar-refractivity contribution in [3.63, 3.8) is 0 Å². The first-order valence-electron chi connectivity index (χ1n) is 7.81. The van der Waals surface area contributed by atoms with E-state index in [1.165, 1.54) is 12.3 Å². The molecule has 0 radical (unpaired) electrons. The van der Waals surface area contributed by atoms with Crippen LogP contribution >= 0.6 is 23.2 Å². The van der Waals surface area contributed by atoms with Crippen LogP contribution in [0.25, 0.3) is 5.69 Å². The maximum Gasteiger partial charge on any atom is 0.416 e. The molecule has 146 valence electrons. The zero-order valence-corrected chi connectivity index (χ0v) is 15.7. The van der Waals surface area contributed by atoms with Crippen LogP contribution in [0.15, 0.2) is 53.5 Å². The monoisotopic (exact) mass is 429 g/mol. The van der Waals surface area contributed by atoms with Gasteiger partial charge in [-0.3, -0.25) is 4.79 Å². The molecule has 0 aliphatic carbocycles. The third-order valence-corrected chi connectivity index (χ3v) is 4.40. The van der Waals surface area contributed by atoms with Crippen LogP contribution in [0, 0.1) is 0 Å². The van der Waals surface area contributed by atoms with Crippen LogP contribution in [-0.4, -0.2) is 16.8 Å². The van der Waals surface area contributed by atoms with Gasteiger partial charge in [0.15, 0.2) is 0 Å². The second-order valence-corrected chi connectivity index (χ2v) is 6.37. The van der Waals surface area contributed by atoms with Gasteiger partial charge >= 0.3 is 6.18 Å². The van der Waals surface area contributed by atoms with Gasteiger partial charge < -0.3 is 10.1 Å². The van der Waals surface area contributed by atoms with Crippen LogP contribution in [-0.2, 0) is 6.18 Å². The summed E-state index contributed by atoms with van der Waals surface area (Å²) in [6.45, 7) is 0. The number of alkyl halides is 3. The Bertz CT molecular complexity index is 1080. The minimum absolute atomic E-state index is 0.0328. The first-order valence-corrected chi connectivity index (χ1v) is 8.57. The highest BCUT2D eigenvalue weighted by molar-refractivity contribution is 6.33. The number of aromatic nitrogens is 2. The average Bonchev–Trinajstić information content (AvgIpc) is 2.65. The van der Waals surface area contributed by atoms with Crippen molar-refractivity contribution in [2.75, 3.05) is 12.4 Å². The summed E-state index contributed by atoms with van der Waals surface area (Å²) in [6.07, 6.45) is -3.11. The molecule has 3 aromatic rings. The van der Waals surface area contributed by atoms with Gasteiger partial charge in [-0.25, -0.2) is 0 Å². The summed E-state index contributed by atoms with van der Waals surface area (Å²) < 4.78 is 44.9. The molecule has 0 atom stereocenters. The van der Waals surface area contributed by atoms with Crippen LogP contribution in [0.5, 0.6) is 11.5 Å². The summed E-state index contributed by atoms with van der Waals surface area (Å²) in [5.41, 5.74) is -0.686. The van der Waals surface area contributed by atoms with Crippen molar-refractivity contribution in [2.45, 2.75) is 6.18 Å². The fourth-order valence-electron chi connectivity index (χ4n) is 2.36. The van der Waals surface area contributed by atoms with Crippen molar-refractivity contribution >= 4 is 28.9 Å². The standard InChI is InChI=1S/C18H12Cl2F3N3O2/c1-24-14-9-25-26(17(27)16(14)20)11-3-2-4-12(8-11)28-15-6-5-10(7-13(15)19)18(21,22)23/h2-9,24H,1H3. The quantitative estimate of drug-likeness (QED) is 0.603. The topological polar surface area (TPSA) is 56.1 Å². The maximum atomic E-state index is 12.7. The SMILES string of the molecule is CNc1cnn(-c2cccc(Oc3ccc(C(F)(F)F)cc3Cl)c2)c(=O)c1Cl. The molecule has 2 aromatic carbocycles. The predicted octanol–water partition coefficient (Wildman–Crippen LogP) is 5.39. The van der Waals surface area contributed by atoms with Gasteiger partial charge in [0.25, 0.3) is 5.56 Å². The highest BCUT2D eigenvalue weighted by Gasteiger charge is 2.31. The Morgan fingerprint density at radius 2 is 1.89 bits per heavy atom. The van der Waals surface area contributed by atoms with E-state index in [9.17, 15) is 18.0 Å². The van der Waals surface area contributed by atoms with Crippen molar-refractivity contribution in [3.8, 4) is 17.2 Å². The maximum absolute atomic E-state index is 12.7. The van der Waals surface area contributed by atoms with E-state index in [0.29, 0.717) is 11.4 Å². The number of ether oxygens (including phenoxy) is 1. The third kappa shape index (κ3) is 4.07. The summed E-state index contributed by atoms with van der Waals surface area (Å²) in [6, 6.07) is 9.02. The molecule has 28 heavy (non-hydrogen) atoms. The van der Waals surface area contributed by atoms with Crippen molar-refractivity contribution < 1.29 is 17.9 Å². The molecule has 0 saturated carbocycles. The van der Waals surface area contributed by atoms with Gasteiger partial charge in [0.05, 0.1) is 28.2 Å². The summed E-state index contributed by atoms with van der Waals surface area (Å²) >= 11 is 11.9. The Balaban J connectivity index is 1.93. The first kappa shape index (κ1) is 20.0. The normalized spacial score (nSPS) is 11.4. The lowest BCUT2D eigenvalue weighted by Gasteiger charge is -2.12.